The van der Waals surface area contributed by atoms with Crippen molar-refractivity contribution in [2.24, 2.45) is 11.1 Å². The molecule has 0 bridgehead atoms. The van der Waals surface area contributed by atoms with Gasteiger partial charge in [0.15, 0.2) is 0 Å². The fourth-order valence-corrected chi connectivity index (χ4v) is 1.35. The van der Waals surface area contributed by atoms with E-state index in [4.69, 9.17) is 5.73 Å². The van der Waals surface area contributed by atoms with Crippen LogP contribution in [0, 0.1) is 5.41 Å². The Morgan fingerprint density at radius 2 is 2.09 bits per heavy atom. The Kier molecular flexibility index (Phi) is 2.30. The minimum atomic E-state index is 0.260. The summed E-state index contributed by atoms with van der Waals surface area (Å²) in [7, 11) is 0. The number of hydrogen-bond donors (Lipinski definition) is 1. The topological polar surface area (TPSA) is 26.0 Å². The van der Waals surface area contributed by atoms with Crippen LogP contribution in [-0.2, 0) is 0 Å². The summed E-state index contributed by atoms with van der Waals surface area (Å²) in [6.07, 6.45) is 8.10. The Balaban J connectivity index is 2.76. The lowest BCUT2D eigenvalue weighted by Crippen LogP contribution is -2.16. The van der Waals surface area contributed by atoms with Gasteiger partial charge in [-0.15, -0.1) is 0 Å². The van der Waals surface area contributed by atoms with Crippen molar-refractivity contribution in [2.75, 3.05) is 6.54 Å². The van der Waals surface area contributed by atoms with Gasteiger partial charge in [-0.2, -0.15) is 0 Å². The zero-order valence-corrected chi connectivity index (χ0v) is 6.84. The highest BCUT2D eigenvalue weighted by molar-refractivity contribution is 5.33. The minimum absolute atomic E-state index is 0.260. The van der Waals surface area contributed by atoms with Gasteiger partial charge in [-0.1, -0.05) is 31.4 Å². The van der Waals surface area contributed by atoms with Crippen LogP contribution in [0.25, 0.3) is 0 Å². The quantitative estimate of drug-likeness (QED) is 0.608. The monoisotopic (exact) mass is 149 g/mol. The van der Waals surface area contributed by atoms with Crippen molar-refractivity contribution in [1.82, 2.24) is 0 Å². The van der Waals surface area contributed by atoms with Gasteiger partial charge in [0.05, 0.1) is 0 Å². The molecule has 0 aromatic rings. The van der Waals surface area contributed by atoms with Crippen molar-refractivity contribution in [2.45, 2.75) is 12.8 Å². The Bertz CT molecular complexity index is 197. The van der Waals surface area contributed by atoms with Crippen molar-refractivity contribution >= 4 is 0 Å². The maximum Gasteiger partial charge on any atom is 0.00760 e. The molecule has 0 unspecified atom stereocenters. The SMILES string of the molecule is C=C/C=C(\C=C)C1(CN)CC1. The van der Waals surface area contributed by atoms with E-state index in [0.29, 0.717) is 0 Å². The molecule has 0 heterocycles. The molecule has 0 aliphatic heterocycles. The second-order valence-corrected chi connectivity index (χ2v) is 3.05. The summed E-state index contributed by atoms with van der Waals surface area (Å²) < 4.78 is 0. The Morgan fingerprint density at radius 3 is 2.36 bits per heavy atom. The molecule has 0 aromatic heterocycles. The second kappa shape index (κ2) is 3.05. The van der Waals surface area contributed by atoms with Crippen LogP contribution in [0.1, 0.15) is 12.8 Å². The molecular formula is C10H15N. The van der Waals surface area contributed by atoms with E-state index in [1.165, 1.54) is 18.4 Å². The van der Waals surface area contributed by atoms with Gasteiger partial charge in [-0.3, -0.25) is 0 Å². The van der Waals surface area contributed by atoms with Crippen LogP contribution in [0.5, 0.6) is 0 Å². The van der Waals surface area contributed by atoms with E-state index in [2.05, 4.69) is 13.2 Å². The summed E-state index contributed by atoms with van der Waals surface area (Å²) in [6.45, 7) is 8.16. The Morgan fingerprint density at radius 1 is 1.45 bits per heavy atom. The molecule has 1 fully saturated rings. The van der Waals surface area contributed by atoms with Crippen LogP contribution in [0.15, 0.2) is 37.0 Å². The van der Waals surface area contributed by atoms with Gasteiger partial charge in [0.1, 0.15) is 0 Å². The number of allylic oxidation sites excluding steroid dienone is 3. The van der Waals surface area contributed by atoms with Crippen LogP contribution in [0.4, 0.5) is 0 Å². The smallest absolute Gasteiger partial charge is 0.00760 e. The van der Waals surface area contributed by atoms with Crippen LogP contribution < -0.4 is 5.73 Å². The Labute approximate surface area is 68.3 Å². The second-order valence-electron chi connectivity index (χ2n) is 3.05. The first-order valence-electron chi connectivity index (χ1n) is 3.95. The summed E-state index contributed by atoms with van der Waals surface area (Å²) in [5.41, 5.74) is 7.16. The van der Waals surface area contributed by atoms with Crippen LogP contribution >= 0.6 is 0 Å². The fourth-order valence-electron chi connectivity index (χ4n) is 1.35. The maximum absolute atomic E-state index is 5.65. The van der Waals surface area contributed by atoms with Crippen molar-refractivity contribution < 1.29 is 0 Å². The molecule has 60 valence electrons. The molecule has 0 aromatic carbocycles. The minimum Gasteiger partial charge on any atom is -0.330 e. The zero-order valence-electron chi connectivity index (χ0n) is 6.84. The van der Waals surface area contributed by atoms with E-state index in [0.717, 1.165) is 6.54 Å². The average Bonchev–Trinajstić information content (AvgIpc) is 2.81. The zero-order chi connectivity index (χ0) is 8.32. The highest BCUT2D eigenvalue weighted by Crippen LogP contribution is 2.51. The third kappa shape index (κ3) is 1.43. The molecule has 1 aliphatic carbocycles. The predicted octanol–water partition coefficient (Wildman–Crippen LogP) is 2.02. The maximum atomic E-state index is 5.65. The lowest BCUT2D eigenvalue weighted by molar-refractivity contribution is 0.637. The number of hydrogen-bond acceptors (Lipinski definition) is 1. The first kappa shape index (κ1) is 8.28. The molecule has 0 spiro atoms. The molecule has 1 saturated carbocycles. The summed E-state index contributed by atoms with van der Waals surface area (Å²) >= 11 is 0. The van der Waals surface area contributed by atoms with E-state index in [-0.39, 0.29) is 5.41 Å². The number of nitrogens with two attached hydrogens (primary N) is 1. The van der Waals surface area contributed by atoms with Gasteiger partial charge < -0.3 is 5.73 Å². The molecule has 0 radical (unpaired) electrons. The fraction of sp³-hybridized carbons (Fsp3) is 0.400. The third-order valence-electron chi connectivity index (χ3n) is 2.37. The predicted molar refractivity (Wildman–Crippen MR) is 49.2 cm³/mol. The van der Waals surface area contributed by atoms with Crippen molar-refractivity contribution in [3.8, 4) is 0 Å². The van der Waals surface area contributed by atoms with E-state index < -0.39 is 0 Å². The highest BCUT2D eigenvalue weighted by atomic mass is 14.7. The first-order chi connectivity index (χ1) is 5.29. The summed E-state index contributed by atoms with van der Waals surface area (Å²) in [4.78, 5) is 0. The third-order valence-corrected chi connectivity index (χ3v) is 2.37. The molecule has 1 heteroatoms. The lowest BCUT2D eigenvalue weighted by Gasteiger charge is -2.12. The van der Waals surface area contributed by atoms with Gasteiger partial charge in [0.25, 0.3) is 0 Å². The van der Waals surface area contributed by atoms with Gasteiger partial charge in [-0.05, 0) is 18.4 Å². The molecule has 1 rings (SSSR count). The lowest BCUT2D eigenvalue weighted by atomic mass is 9.95. The molecule has 0 amide bonds. The molecule has 2 N–H and O–H groups in total. The molecule has 1 nitrogen and oxygen atoms in total. The van der Waals surface area contributed by atoms with E-state index in [1.54, 1.807) is 6.08 Å². The highest BCUT2D eigenvalue weighted by Gasteiger charge is 2.43. The standard InChI is InChI=1S/C10H15N/c1-3-5-9(4-2)10(8-11)6-7-10/h3-5H,1-2,6-8,11H2/b9-5+. The molecular weight excluding hydrogens is 134 g/mol. The normalized spacial score (nSPS) is 21.0. The van der Waals surface area contributed by atoms with E-state index in [9.17, 15) is 0 Å². The van der Waals surface area contributed by atoms with Crippen molar-refractivity contribution in [3.63, 3.8) is 0 Å². The average molecular weight is 149 g/mol. The first-order valence-corrected chi connectivity index (χ1v) is 3.95. The van der Waals surface area contributed by atoms with Gasteiger partial charge in [0, 0.05) is 12.0 Å². The molecule has 0 atom stereocenters. The van der Waals surface area contributed by atoms with Crippen LogP contribution in [0.3, 0.4) is 0 Å². The Hall–Kier alpha value is -0.820. The summed E-state index contributed by atoms with van der Waals surface area (Å²) in [5.74, 6) is 0. The molecule has 11 heavy (non-hydrogen) atoms. The molecule has 1 aliphatic rings. The van der Waals surface area contributed by atoms with Gasteiger partial charge >= 0.3 is 0 Å². The van der Waals surface area contributed by atoms with Gasteiger partial charge in [0.2, 0.25) is 0 Å². The van der Waals surface area contributed by atoms with E-state index in [1.807, 2.05) is 12.2 Å². The largest absolute Gasteiger partial charge is 0.330 e. The summed E-state index contributed by atoms with van der Waals surface area (Å²) in [5, 5.41) is 0. The molecule has 0 saturated heterocycles. The van der Waals surface area contributed by atoms with E-state index >= 15 is 0 Å². The van der Waals surface area contributed by atoms with Crippen LogP contribution in [-0.4, -0.2) is 6.54 Å². The van der Waals surface area contributed by atoms with Crippen molar-refractivity contribution in [3.05, 3.63) is 37.0 Å². The van der Waals surface area contributed by atoms with Gasteiger partial charge in [-0.25, -0.2) is 0 Å². The van der Waals surface area contributed by atoms with Crippen molar-refractivity contribution in [1.29, 1.82) is 0 Å². The summed E-state index contributed by atoms with van der Waals surface area (Å²) in [6, 6.07) is 0. The number of rotatable bonds is 4. The van der Waals surface area contributed by atoms with Crippen LogP contribution in [0.2, 0.25) is 0 Å².